The maximum Gasteiger partial charge on any atom is 0.295 e. The van der Waals surface area contributed by atoms with Crippen molar-refractivity contribution in [1.29, 1.82) is 0 Å². The molecule has 32 heavy (non-hydrogen) atoms. The lowest BCUT2D eigenvalue weighted by molar-refractivity contribution is -0.140. The molecule has 0 radical (unpaired) electrons. The second-order valence-corrected chi connectivity index (χ2v) is 7.81. The molecule has 1 N–H and O–H groups in total. The molecule has 2 fully saturated rings. The molecule has 2 saturated heterocycles. The van der Waals surface area contributed by atoms with Gasteiger partial charge >= 0.3 is 0 Å². The fraction of sp³-hybridized carbons (Fsp3) is 0.360. The molecule has 0 bridgehead atoms. The van der Waals surface area contributed by atoms with E-state index >= 15 is 0 Å². The number of rotatable bonds is 7. The van der Waals surface area contributed by atoms with Gasteiger partial charge in [0.2, 0.25) is 0 Å². The van der Waals surface area contributed by atoms with Crippen LogP contribution in [0.2, 0.25) is 0 Å². The first kappa shape index (κ1) is 22.0. The molecule has 2 aromatic carbocycles. The average Bonchev–Trinajstić information content (AvgIpc) is 3.09. The standard InChI is InChI=1S/C25H28N2O5/c1-2-32-20-10-8-18(9-11-20)22-21(23(28)19-6-4-3-5-7-19)24(29)25(30)27(22)13-12-26-14-16-31-17-15-26/h3-11,22,28H,2,12-17H2,1H3/b23-21+/t22-/m1/s1. The van der Waals surface area contributed by atoms with Crippen molar-refractivity contribution in [3.05, 3.63) is 71.3 Å². The first-order chi connectivity index (χ1) is 15.6. The van der Waals surface area contributed by atoms with E-state index in [0.29, 0.717) is 44.2 Å². The number of hydrogen-bond acceptors (Lipinski definition) is 6. The Kier molecular flexibility index (Phi) is 6.87. The smallest absolute Gasteiger partial charge is 0.295 e. The molecule has 2 aliphatic heterocycles. The number of aliphatic hydroxyl groups excluding tert-OH is 1. The van der Waals surface area contributed by atoms with Crippen LogP contribution in [0.3, 0.4) is 0 Å². The number of ketones is 1. The third kappa shape index (κ3) is 4.54. The predicted octanol–water partition coefficient (Wildman–Crippen LogP) is 2.84. The summed E-state index contributed by atoms with van der Waals surface area (Å²) in [6.07, 6.45) is 0. The van der Waals surface area contributed by atoms with Gasteiger partial charge in [-0.05, 0) is 24.6 Å². The van der Waals surface area contributed by atoms with Crippen LogP contribution in [-0.4, -0.2) is 72.6 Å². The Labute approximate surface area is 187 Å². The predicted molar refractivity (Wildman–Crippen MR) is 120 cm³/mol. The molecule has 2 aromatic rings. The van der Waals surface area contributed by atoms with Gasteiger partial charge in [0.1, 0.15) is 11.5 Å². The van der Waals surface area contributed by atoms with Crippen molar-refractivity contribution in [3.63, 3.8) is 0 Å². The number of benzene rings is 2. The summed E-state index contributed by atoms with van der Waals surface area (Å²) in [5, 5.41) is 11.0. The maximum absolute atomic E-state index is 13.1. The lowest BCUT2D eigenvalue weighted by atomic mass is 9.95. The molecule has 7 nitrogen and oxygen atoms in total. The number of morpholine rings is 1. The van der Waals surface area contributed by atoms with E-state index in [-0.39, 0.29) is 11.3 Å². The Bertz CT molecular complexity index is 981. The maximum atomic E-state index is 13.1. The molecule has 2 heterocycles. The SMILES string of the molecule is CCOc1ccc([C@@H]2/C(=C(\O)c3ccccc3)C(=O)C(=O)N2CCN2CCOCC2)cc1. The quantitative estimate of drug-likeness (QED) is 0.409. The lowest BCUT2D eigenvalue weighted by Crippen LogP contribution is -2.42. The van der Waals surface area contributed by atoms with Crippen LogP contribution < -0.4 is 4.74 Å². The van der Waals surface area contributed by atoms with Crippen LogP contribution in [0, 0.1) is 0 Å². The topological polar surface area (TPSA) is 79.3 Å². The van der Waals surface area contributed by atoms with E-state index < -0.39 is 17.7 Å². The van der Waals surface area contributed by atoms with Crippen LogP contribution in [0.25, 0.3) is 5.76 Å². The van der Waals surface area contributed by atoms with E-state index in [2.05, 4.69) is 4.90 Å². The zero-order chi connectivity index (χ0) is 22.5. The summed E-state index contributed by atoms with van der Waals surface area (Å²) in [4.78, 5) is 29.9. The summed E-state index contributed by atoms with van der Waals surface area (Å²) in [5.74, 6) is -0.692. The van der Waals surface area contributed by atoms with Gasteiger partial charge in [0.15, 0.2) is 0 Å². The van der Waals surface area contributed by atoms with Crippen LogP contribution in [-0.2, 0) is 14.3 Å². The van der Waals surface area contributed by atoms with Crippen LogP contribution in [0.4, 0.5) is 0 Å². The number of likely N-dealkylation sites (tertiary alicyclic amines) is 1. The highest BCUT2D eigenvalue weighted by Gasteiger charge is 2.46. The summed E-state index contributed by atoms with van der Waals surface area (Å²) < 4.78 is 10.9. The van der Waals surface area contributed by atoms with Gasteiger partial charge in [0.05, 0.1) is 31.4 Å². The van der Waals surface area contributed by atoms with Crippen LogP contribution in [0.5, 0.6) is 5.75 Å². The Hall–Kier alpha value is -3.16. The number of ether oxygens (including phenoxy) is 2. The summed E-state index contributed by atoms with van der Waals surface area (Å²) in [7, 11) is 0. The molecule has 0 unspecified atom stereocenters. The number of carbonyl (C=O) groups excluding carboxylic acids is 2. The molecule has 168 valence electrons. The molecule has 1 atom stereocenters. The fourth-order valence-electron chi connectivity index (χ4n) is 4.20. The highest BCUT2D eigenvalue weighted by molar-refractivity contribution is 6.46. The minimum Gasteiger partial charge on any atom is -0.507 e. The molecule has 0 aromatic heterocycles. The van der Waals surface area contributed by atoms with Gasteiger partial charge in [0.25, 0.3) is 11.7 Å². The molecule has 4 rings (SSSR count). The molecule has 0 saturated carbocycles. The molecule has 2 aliphatic rings. The van der Waals surface area contributed by atoms with Crippen molar-refractivity contribution in [2.24, 2.45) is 0 Å². The molecule has 7 heteroatoms. The second-order valence-electron chi connectivity index (χ2n) is 7.81. The minimum absolute atomic E-state index is 0.118. The highest BCUT2D eigenvalue weighted by atomic mass is 16.5. The van der Waals surface area contributed by atoms with Crippen molar-refractivity contribution < 1.29 is 24.2 Å². The van der Waals surface area contributed by atoms with Crippen molar-refractivity contribution >= 4 is 17.4 Å². The summed E-state index contributed by atoms with van der Waals surface area (Å²) in [6.45, 7) is 6.39. The van der Waals surface area contributed by atoms with Gasteiger partial charge in [-0.2, -0.15) is 0 Å². The second kappa shape index (κ2) is 9.97. The van der Waals surface area contributed by atoms with E-state index in [1.807, 2.05) is 37.3 Å². The number of Topliss-reactive ketones (excluding diaryl/α,β-unsaturated/α-hetero) is 1. The molecule has 0 aliphatic carbocycles. The number of aliphatic hydroxyl groups is 1. The first-order valence-corrected chi connectivity index (χ1v) is 11.0. The Morgan fingerprint density at radius 2 is 1.72 bits per heavy atom. The summed E-state index contributed by atoms with van der Waals surface area (Å²) >= 11 is 0. The average molecular weight is 437 g/mol. The number of nitrogens with zero attached hydrogens (tertiary/aromatic N) is 2. The van der Waals surface area contributed by atoms with Gasteiger partial charge < -0.3 is 19.5 Å². The summed E-state index contributed by atoms with van der Waals surface area (Å²) in [6, 6.07) is 15.5. The monoisotopic (exact) mass is 436 g/mol. The molecular weight excluding hydrogens is 408 g/mol. The highest BCUT2D eigenvalue weighted by Crippen LogP contribution is 2.39. The van der Waals surface area contributed by atoms with Crippen LogP contribution in [0.1, 0.15) is 24.1 Å². The fourth-order valence-corrected chi connectivity index (χ4v) is 4.20. The van der Waals surface area contributed by atoms with E-state index in [4.69, 9.17) is 9.47 Å². The normalized spacial score (nSPS) is 21.2. The number of amides is 1. The van der Waals surface area contributed by atoms with Gasteiger partial charge in [-0.1, -0.05) is 42.5 Å². The molecular formula is C25H28N2O5. The van der Waals surface area contributed by atoms with Crippen molar-refractivity contribution in [3.8, 4) is 5.75 Å². The van der Waals surface area contributed by atoms with Gasteiger partial charge in [-0.3, -0.25) is 14.5 Å². The van der Waals surface area contributed by atoms with Crippen LogP contribution >= 0.6 is 0 Å². The third-order valence-electron chi connectivity index (χ3n) is 5.85. The van der Waals surface area contributed by atoms with Gasteiger partial charge in [-0.25, -0.2) is 0 Å². The zero-order valence-electron chi connectivity index (χ0n) is 18.2. The Balaban J connectivity index is 1.70. The lowest BCUT2D eigenvalue weighted by Gasteiger charge is -2.31. The van der Waals surface area contributed by atoms with Crippen molar-refractivity contribution in [2.45, 2.75) is 13.0 Å². The van der Waals surface area contributed by atoms with Gasteiger partial charge in [0, 0.05) is 31.7 Å². The Morgan fingerprint density at radius 3 is 2.38 bits per heavy atom. The summed E-state index contributed by atoms with van der Waals surface area (Å²) in [5.41, 5.74) is 1.38. The van der Waals surface area contributed by atoms with E-state index in [9.17, 15) is 14.7 Å². The van der Waals surface area contributed by atoms with Gasteiger partial charge in [-0.15, -0.1) is 0 Å². The number of carbonyl (C=O) groups is 2. The van der Waals surface area contributed by atoms with Crippen molar-refractivity contribution in [2.75, 3.05) is 46.0 Å². The minimum atomic E-state index is -0.660. The largest absolute Gasteiger partial charge is 0.507 e. The molecule has 0 spiro atoms. The van der Waals surface area contributed by atoms with E-state index in [1.165, 1.54) is 0 Å². The van der Waals surface area contributed by atoms with E-state index in [1.54, 1.807) is 29.2 Å². The third-order valence-corrected chi connectivity index (χ3v) is 5.85. The molecule has 1 amide bonds. The Morgan fingerprint density at radius 1 is 1.03 bits per heavy atom. The zero-order valence-corrected chi connectivity index (χ0v) is 18.2. The van der Waals surface area contributed by atoms with Crippen LogP contribution in [0.15, 0.2) is 60.2 Å². The number of hydrogen-bond donors (Lipinski definition) is 1. The van der Waals surface area contributed by atoms with Crippen molar-refractivity contribution in [1.82, 2.24) is 9.80 Å². The first-order valence-electron chi connectivity index (χ1n) is 11.0. The van der Waals surface area contributed by atoms with E-state index in [0.717, 1.165) is 18.7 Å².